The quantitative estimate of drug-likeness (QED) is 0.673. The van der Waals surface area contributed by atoms with E-state index in [1.165, 1.54) is 0 Å². The third-order valence-electron chi connectivity index (χ3n) is 4.25. The number of Topliss-reactive ketones (excluding diaryl/α,β-unsaturated/α-hetero) is 1. The third kappa shape index (κ3) is 4.24. The van der Waals surface area contributed by atoms with E-state index in [0.29, 0.717) is 11.5 Å². The zero-order chi connectivity index (χ0) is 15.3. The van der Waals surface area contributed by atoms with Crippen LogP contribution in [0.4, 0.5) is 0 Å². The largest absolute Gasteiger partial charge is 0.309 e. The maximum Gasteiger partial charge on any atom is 0.153 e. The second kappa shape index (κ2) is 7.66. The van der Waals surface area contributed by atoms with Gasteiger partial charge in [-0.3, -0.25) is 4.79 Å². The number of benzene rings is 1. The van der Waals surface area contributed by atoms with E-state index in [2.05, 4.69) is 25.1 Å². The number of carbonyl (C=O) groups is 1. The number of rotatable bonds is 8. The van der Waals surface area contributed by atoms with Crippen molar-refractivity contribution < 1.29 is 4.79 Å². The lowest BCUT2D eigenvalue weighted by atomic mass is 9.62. The van der Waals surface area contributed by atoms with Crippen molar-refractivity contribution in [2.24, 2.45) is 0 Å². The van der Waals surface area contributed by atoms with Crippen molar-refractivity contribution in [3.8, 4) is 0 Å². The highest BCUT2D eigenvalue weighted by atomic mass is 35.5. The molecule has 21 heavy (non-hydrogen) atoms. The van der Waals surface area contributed by atoms with Crippen molar-refractivity contribution in [3.05, 3.63) is 34.9 Å². The monoisotopic (exact) mass is 325 g/mol. The normalized spacial score (nSPS) is 16.8. The fourth-order valence-corrected chi connectivity index (χ4v) is 3.96. The molecule has 0 amide bonds. The number of nitrogens with zero attached hydrogens (tertiary/aromatic N) is 1. The highest BCUT2D eigenvalue weighted by Gasteiger charge is 2.44. The van der Waals surface area contributed by atoms with Crippen LogP contribution in [0, 0.1) is 0 Å². The molecule has 0 radical (unpaired) electrons. The van der Waals surface area contributed by atoms with Gasteiger partial charge in [0.05, 0.1) is 11.2 Å². The van der Waals surface area contributed by atoms with Crippen molar-refractivity contribution in [3.63, 3.8) is 0 Å². The highest BCUT2D eigenvalue weighted by molar-refractivity contribution is 7.99. The Morgan fingerprint density at radius 1 is 1.38 bits per heavy atom. The zero-order valence-electron chi connectivity index (χ0n) is 12.9. The summed E-state index contributed by atoms with van der Waals surface area (Å²) in [5.74, 6) is 2.06. The van der Waals surface area contributed by atoms with Crippen molar-refractivity contribution in [2.45, 2.75) is 31.1 Å². The van der Waals surface area contributed by atoms with Crippen molar-refractivity contribution >= 4 is 29.1 Å². The maximum atomic E-state index is 12.7. The lowest BCUT2D eigenvalue weighted by Crippen LogP contribution is -2.43. The first-order chi connectivity index (χ1) is 10.0. The van der Waals surface area contributed by atoms with Gasteiger partial charge in [-0.25, -0.2) is 0 Å². The van der Waals surface area contributed by atoms with E-state index >= 15 is 0 Å². The third-order valence-corrected chi connectivity index (χ3v) is 5.52. The summed E-state index contributed by atoms with van der Waals surface area (Å²) < 4.78 is 0. The Kier molecular flexibility index (Phi) is 6.15. The molecule has 2 nitrogen and oxygen atoms in total. The average Bonchev–Trinajstić information content (AvgIpc) is 2.36. The van der Waals surface area contributed by atoms with Crippen LogP contribution >= 0.6 is 23.4 Å². The van der Waals surface area contributed by atoms with E-state index < -0.39 is 0 Å². The molecule has 1 fully saturated rings. The number of hydrogen-bond donors (Lipinski definition) is 0. The first-order valence-electron chi connectivity index (χ1n) is 7.56. The van der Waals surface area contributed by atoms with Crippen LogP contribution in [0.25, 0.3) is 0 Å². The highest BCUT2D eigenvalue weighted by Crippen LogP contribution is 2.45. The van der Waals surface area contributed by atoms with Gasteiger partial charge in [-0.05, 0) is 63.4 Å². The van der Waals surface area contributed by atoms with Crippen LogP contribution in [-0.2, 0) is 10.2 Å². The minimum atomic E-state index is -0.251. The molecule has 1 aliphatic carbocycles. The molecule has 0 bridgehead atoms. The molecule has 0 saturated heterocycles. The number of ketones is 1. The van der Waals surface area contributed by atoms with Gasteiger partial charge >= 0.3 is 0 Å². The van der Waals surface area contributed by atoms with Gasteiger partial charge in [0.25, 0.3) is 0 Å². The Hall–Kier alpha value is -0.510. The standard InChI is InChI=1S/C17H24ClNOS/c1-19(2)10-5-11-21-13-16(20)17(8-4-9-17)14-6-3-7-15(18)12-14/h3,6-7,12H,4-5,8-11,13H2,1-2H3. The van der Waals surface area contributed by atoms with Gasteiger partial charge in [-0.1, -0.05) is 30.2 Å². The van der Waals surface area contributed by atoms with Crippen LogP contribution in [0.15, 0.2) is 24.3 Å². The molecule has 0 unspecified atom stereocenters. The lowest BCUT2D eigenvalue weighted by Gasteiger charge is -2.41. The minimum absolute atomic E-state index is 0.251. The van der Waals surface area contributed by atoms with Crippen LogP contribution in [0.5, 0.6) is 0 Å². The van der Waals surface area contributed by atoms with E-state index in [-0.39, 0.29) is 5.41 Å². The van der Waals surface area contributed by atoms with E-state index in [9.17, 15) is 4.79 Å². The molecule has 0 N–H and O–H groups in total. The van der Waals surface area contributed by atoms with Crippen molar-refractivity contribution in [1.29, 1.82) is 0 Å². The average molecular weight is 326 g/mol. The fraction of sp³-hybridized carbons (Fsp3) is 0.588. The number of carbonyl (C=O) groups excluding carboxylic acids is 1. The van der Waals surface area contributed by atoms with E-state index in [4.69, 9.17) is 11.6 Å². The van der Waals surface area contributed by atoms with Crippen LogP contribution in [0.2, 0.25) is 5.02 Å². The van der Waals surface area contributed by atoms with Gasteiger partial charge in [-0.15, -0.1) is 0 Å². The molecule has 0 spiro atoms. The SMILES string of the molecule is CN(C)CCCSCC(=O)C1(c2cccc(Cl)c2)CCC1. The van der Waals surface area contributed by atoms with Crippen LogP contribution < -0.4 is 0 Å². The minimum Gasteiger partial charge on any atom is -0.309 e. The summed E-state index contributed by atoms with van der Waals surface area (Å²) in [6, 6.07) is 7.85. The Labute approximate surface area is 137 Å². The van der Waals surface area contributed by atoms with Gasteiger partial charge in [0, 0.05) is 5.02 Å². The summed E-state index contributed by atoms with van der Waals surface area (Å²) in [4.78, 5) is 14.9. The molecule has 1 aliphatic rings. The zero-order valence-corrected chi connectivity index (χ0v) is 14.5. The van der Waals surface area contributed by atoms with Gasteiger partial charge < -0.3 is 4.90 Å². The molecule has 0 heterocycles. The maximum absolute atomic E-state index is 12.7. The second-order valence-corrected chi connectivity index (χ2v) is 7.62. The van der Waals surface area contributed by atoms with Crippen LogP contribution in [0.3, 0.4) is 0 Å². The first kappa shape index (κ1) is 16.9. The summed E-state index contributed by atoms with van der Waals surface area (Å²) in [5, 5.41) is 0.727. The molecule has 4 heteroatoms. The van der Waals surface area contributed by atoms with Crippen molar-refractivity contribution in [2.75, 3.05) is 32.1 Å². The lowest BCUT2D eigenvalue weighted by molar-refractivity contribution is -0.125. The molecule has 0 atom stereocenters. The van der Waals surface area contributed by atoms with Crippen LogP contribution in [-0.4, -0.2) is 42.8 Å². The van der Waals surface area contributed by atoms with Gasteiger partial charge in [0.2, 0.25) is 0 Å². The smallest absolute Gasteiger partial charge is 0.153 e. The molecule has 1 saturated carbocycles. The number of halogens is 1. The Balaban J connectivity index is 1.90. The fourth-order valence-electron chi connectivity index (χ4n) is 2.83. The predicted octanol–water partition coefficient (Wildman–Crippen LogP) is 4.02. The molecule has 116 valence electrons. The molecule has 0 aromatic heterocycles. The number of hydrogen-bond acceptors (Lipinski definition) is 3. The summed E-state index contributed by atoms with van der Waals surface area (Å²) in [6.45, 7) is 1.08. The summed E-state index contributed by atoms with van der Waals surface area (Å²) in [6.07, 6.45) is 4.23. The molecule has 0 aliphatic heterocycles. The van der Waals surface area contributed by atoms with E-state index in [1.54, 1.807) is 11.8 Å². The predicted molar refractivity (Wildman–Crippen MR) is 92.5 cm³/mol. The summed E-state index contributed by atoms with van der Waals surface area (Å²) in [5.41, 5.74) is 0.861. The topological polar surface area (TPSA) is 20.3 Å². The van der Waals surface area contributed by atoms with Crippen LogP contribution in [0.1, 0.15) is 31.2 Å². The summed E-state index contributed by atoms with van der Waals surface area (Å²) in [7, 11) is 4.16. The van der Waals surface area contributed by atoms with Gasteiger partial charge in [-0.2, -0.15) is 11.8 Å². The van der Waals surface area contributed by atoms with Gasteiger partial charge in [0.1, 0.15) is 0 Å². The summed E-state index contributed by atoms with van der Waals surface area (Å²) >= 11 is 7.86. The Morgan fingerprint density at radius 3 is 2.71 bits per heavy atom. The molecule has 1 aromatic rings. The van der Waals surface area contributed by atoms with Gasteiger partial charge in [0.15, 0.2) is 5.78 Å². The Bertz CT molecular complexity index is 485. The Morgan fingerprint density at radius 2 is 2.14 bits per heavy atom. The molecular formula is C17H24ClNOS. The molecule has 1 aromatic carbocycles. The van der Waals surface area contributed by atoms with E-state index in [0.717, 1.165) is 48.6 Å². The van der Waals surface area contributed by atoms with Crippen molar-refractivity contribution in [1.82, 2.24) is 4.90 Å². The second-order valence-electron chi connectivity index (χ2n) is 6.08. The first-order valence-corrected chi connectivity index (χ1v) is 9.10. The van der Waals surface area contributed by atoms with E-state index in [1.807, 2.05) is 18.2 Å². The molecule has 2 rings (SSSR count). The number of thioether (sulfide) groups is 1. The molecular weight excluding hydrogens is 302 g/mol.